The topological polar surface area (TPSA) is 103 Å². The number of rotatable bonds is 5. The number of hydrogen-bond donors (Lipinski definition) is 2. The molecule has 3 rings (SSSR count). The molecule has 0 amide bonds. The lowest BCUT2D eigenvalue weighted by molar-refractivity contribution is -0.00577. The lowest BCUT2D eigenvalue weighted by Gasteiger charge is -2.30. The van der Waals surface area contributed by atoms with Crippen LogP contribution in [0.2, 0.25) is 0 Å². The minimum Gasteiger partial charge on any atom is -0.382 e. The predicted molar refractivity (Wildman–Crippen MR) is 95.1 cm³/mol. The summed E-state index contributed by atoms with van der Waals surface area (Å²) in [4.78, 5) is 4.00. The molecule has 3 N–H and O–H groups in total. The molecule has 0 radical (unpaired) electrons. The minimum atomic E-state index is -3.64. The minimum absolute atomic E-state index is 0.142. The Balaban J connectivity index is 1.84. The van der Waals surface area contributed by atoms with Crippen LogP contribution in [-0.4, -0.2) is 37.0 Å². The SMILES string of the molecule is CC(CC1COCC1(O)c1ccc(-c2ccncc2)cc1)S(N)(=O)=O. The molecule has 134 valence electrons. The van der Waals surface area contributed by atoms with Gasteiger partial charge in [0.15, 0.2) is 0 Å². The van der Waals surface area contributed by atoms with Gasteiger partial charge in [-0.25, -0.2) is 13.6 Å². The third-order valence-electron chi connectivity index (χ3n) is 4.89. The van der Waals surface area contributed by atoms with Gasteiger partial charge in [-0.2, -0.15) is 0 Å². The van der Waals surface area contributed by atoms with Crippen LogP contribution in [0.1, 0.15) is 18.9 Å². The van der Waals surface area contributed by atoms with E-state index in [1.165, 1.54) is 0 Å². The van der Waals surface area contributed by atoms with Crippen LogP contribution in [0.15, 0.2) is 48.8 Å². The molecule has 1 aliphatic rings. The summed E-state index contributed by atoms with van der Waals surface area (Å²) in [5.41, 5.74) is 1.56. The highest BCUT2D eigenvalue weighted by Crippen LogP contribution is 2.39. The van der Waals surface area contributed by atoms with Crippen molar-refractivity contribution in [3.8, 4) is 11.1 Å². The Kier molecular flexibility index (Phi) is 4.92. The summed E-state index contributed by atoms with van der Waals surface area (Å²) in [7, 11) is -3.64. The number of aliphatic hydroxyl groups is 1. The third kappa shape index (κ3) is 3.74. The van der Waals surface area contributed by atoms with Crippen molar-refractivity contribution in [1.29, 1.82) is 0 Å². The number of hydrogen-bond acceptors (Lipinski definition) is 5. The third-order valence-corrected chi connectivity index (χ3v) is 6.21. The first-order chi connectivity index (χ1) is 11.8. The second-order valence-electron chi connectivity index (χ2n) is 6.58. The lowest BCUT2D eigenvalue weighted by atomic mass is 9.81. The fourth-order valence-electron chi connectivity index (χ4n) is 3.22. The molecular formula is C18H22N2O4S. The molecule has 1 aromatic carbocycles. The second kappa shape index (κ2) is 6.84. The maximum Gasteiger partial charge on any atom is 0.211 e. The van der Waals surface area contributed by atoms with Crippen LogP contribution in [-0.2, 0) is 20.4 Å². The normalized spacial score (nSPS) is 25.0. The molecule has 3 unspecified atom stereocenters. The first-order valence-corrected chi connectivity index (χ1v) is 9.74. The molecule has 1 aromatic heterocycles. The first-order valence-electron chi connectivity index (χ1n) is 8.13. The summed E-state index contributed by atoms with van der Waals surface area (Å²) >= 11 is 0. The second-order valence-corrected chi connectivity index (χ2v) is 8.57. The molecular weight excluding hydrogens is 340 g/mol. The van der Waals surface area contributed by atoms with Gasteiger partial charge in [-0.05, 0) is 42.2 Å². The Morgan fingerprint density at radius 3 is 2.44 bits per heavy atom. The zero-order valence-corrected chi connectivity index (χ0v) is 14.8. The van der Waals surface area contributed by atoms with Crippen molar-refractivity contribution >= 4 is 10.0 Å². The van der Waals surface area contributed by atoms with E-state index in [1.54, 1.807) is 19.3 Å². The molecule has 0 aliphatic carbocycles. The van der Waals surface area contributed by atoms with Gasteiger partial charge in [-0.15, -0.1) is 0 Å². The van der Waals surface area contributed by atoms with Crippen molar-refractivity contribution in [1.82, 2.24) is 4.98 Å². The molecule has 3 atom stereocenters. The zero-order valence-electron chi connectivity index (χ0n) is 14.0. The van der Waals surface area contributed by atoms with Gasteiger partial charge in [0.05, 0.1) is 18.5 Å². The van der Waals surface area contributed by atoms with E-state index in [9.17, 15) is 13.5 Å². The van der Waals surface area contributed by atoms with E-state index in [-0.39, 0.29) is 18.9 Å². The molecule has 1 fully saturated rings. The van der Waals surface area contributed by atoms with Crippen molar-refractivity contribution in [3.05, 3.63) is 54.4 Å². The molecule has 2 heterocycles. The van der Waals surface area contributed by atoms with Gasteiger partial charge < -0.3 is 9.84 Å². The summed E-state index contributed by atoms with van der Waals surface area (Å²) in [6.07, 6.45) is 3.71. The van der Waals surface area contributed by atoms with E-state index < -0.39 is 20.9 Å². The van der Waals surface area contributed by atoms with Crippen LogP contribution in [0.25, 0.3) is 11.1 Å². The lowest BCUT2D eigenvalue weighted by Crippen LogP contribution is -2.38. The van der Waals surface area contributed by atoms with Crippen LogP contribution in [0.3, 0.4) is 0 Å². The van der Waals surface area contributed by atoms with E-state index in [4.69, 9.17) is 9.88 Å². The van der Waals surface area contributed by atoms with Gasteiger partial charge in [-0.1, -0.05) is 24.3 Å². The highest BCUT2D eigenvalue weighted by Gasteiger charge is 2.45. The maximum atomic E-state index is 11.5. The van der Waals surface area contributed by atoms with Crippen molar-refractivity contribution in [2.75, 3.05) is 13.2 Å². The Bertz CT molecular complexity index is 824. The molecule has 1 aliphatic heterocycles. The summed E-state index contributed by atoms with van der Waals surface area (Å²) < 4.78 is 28.5. The van der Waals surface area contributed by atoms with E-state index >= 15 is 0 Å². The van der Waals surface area contributed by atoms with Gasteiger partial charge in [0.25, 0.3) is 0 Å². The molecule has 2 aromatic rings. The quantitative estimate of drug-likeness (QED) is 0.842. The number of benzene rings is 1. The van der Waals surface area contributed by atoms with Crippen molar-refractivity contribution in [2.24, 2.45) is 11.1 Å². The molecule has 25 heavy (non-hydrogen) atoms. The van der Waals surface area contributed by atoms with Gasteiger partial charge in [-0.3, -0.25) is 4.98 Å². The number of nitrogens with zero attached hydrogens (tertiary/aromatic N) is 1. The average molecular weight is 362 g/mol. The number of ether oxygens (including phenoxy) is 1. The van der Waals surface area contributed by atoms with Crippen LogP contribution in [0.4, 0.5) is 0 Å². The fraction of sp³-hybridized carbons (Fsp3) is 0.389. The predicted octanol–water partition coefficient (Wildman–Crippen LogP) is 1.65. The summed E-state index contributed by atoms with van der Waals surface area (Å²) in [5.74, 6) is -0.326. The van der Waals surface area contributed by atoms with Gasteiger partial charge in [0.1, 0.15) is 5.60 Å². The van der Waals surface area contributed by atoms with E-state index in [0.29, 0.717) is 6.61 Å². The van der Waals surface area contributed by atoms with Crippen LogP contribution in [0, 0.1) is 5.92 Å². The largest absolute Gasteiger partial charge is 0.382 e. The number of nitrogens with two attached hydrogens (primary N) is 1. The summed E-state index contributed by atoms with van der Waals surface area (Å²) in [5, 5.41) is 15.6. The van der Waals surface area contributed by atoms with Gasteiger partial charge >= 0.3 is 0 Å². The summed E-state index contributed by atoms with van der Waals surface area (Å²) in [6, 6.07) is 11.4. The summed E-state index contributed by atoms with van der Waals surface area (Å²) in [6.45, 7) is 2.01. The highest BCUT2D eigenvalue weighted by atomic mass is 32.2. The number of pyridine rings is 1. The average Bonchev–Trinajstić information content (AvgIpc) is 2.97. The Morgan fingerprint density at radius 1 is 1.24 bits per heavy atom. The Morgan fingerprint density at radius 2 is 1.84 bits per heavy atom. The zero-order chi connectivity index (χ0) is 18.1. The van der Waals surface area contributed by atoms with E-state index in [0.717, 1.165) is 16.7 Å². The highest BCUT2D eigenvalue weighted by molar-refractivity contribution is 7.89. The Hall–Kier alpha value is -1.80. The van der Waals surface area contributed by atoms with Crippen LogP contribution in [0.5, 0.6) is 0 Å². The monoisotopic (exact) mass is 362 g/mol. The number of sulfonamides is 1. The maximum absolute atomic E-state index is 11.5. The van der Waals surface area contributed by atoms with Crippen molar-refractivity contribution in [3.63, 3.8) is 0 Å². The van der Waals surface area contributed by atoms with Crippen molar-refractivity contribution in [2.45, 2.75) is 24.2 Å². The van der Waals surface area contributed by atoms with Crippen molar-refractivity contribution < 1.29 is 18.3 Å². The fourth-order valence-corrected chi connectivity index (χ4v) is 3.73. The molecule has 0 spiro atoms. The van der Waals surface area contributed by atoms with Crippen LogP contribution < -0.4 is 5.14 Å². The first kappa shape index (κ1) is 18.0. The van der Waals surface area contributed by atoms with Gasteiger partial charge in [0.2, 0.25) is 10.0 Å². The molecule has 0 saturated carbocycles. The van der Waals surface area contributed by atoms with Gasteiger partial charge in [0, 0.05) is 18.3 Å². The molecule has 6 nitrogen and oxygen atoms in total. The molecule has 1 saturated heterocycles. The van der Waals surface area contributed by atoms with Crippen LogP contribution >= 0.6 is 0 Å². The smallest absolute Gasteiger partial charge is 0.211 e. The molecule has 0 bridgehead atoms. The number of primary sulfonamides is 1. The van der Waals surface area contributed by atoms with E-state index in [2.05, 4.69) is 4.98 Å². The Labute approximate surface area is 147 Å². The van der Waals surface area contributed by atoms with E-state index in [1.807, 2.05) is 36.4 Å². The number of aromatic nitrogens is 1. The standard InChI is InChI=1S/C18H22N2O4S/c1-13(25(19,22)23)10-17-11-24-12-18(17,21)16-4-2-14(3-5-16)15-6-8-20-9-7-15/h2-9,13,17,21H,10-12H2,1H3,(H2,19,22,23). The molecule has 7 heteroatoms.